The zero-order chi connectivity index (χ0) is 18.5. The first kappa shape index (κ1) is 16.8. The minimum Gasteiger partial charge on any atom is -0.356 e. The number of hydrogen-bond donors (Lipinski definition) is 1. The standard InChI is InChI=1S/C20H20N2O3S/c1-13-3-6-16(7-4-13)26(24,25)22-12-14(2)17-8-5-15(11-19(17)22)18-9-10-21-20(18)23/h3-8,11-12,18H,9-10H2,1-2H3,(H,21,23). The van der Waals surface area contributed by atoms with Gasteiger partial charge in [-0.05, 0) is 49.6 Å². The van der Waals surface area contributed by atoms with E-state index in [9.17, 15) is 13.2 Å². The number of fused-ring (bicyclic) bond motifs is 1. The number of nitrogens with one attached hydrogen (secondary N) is 1. The molecular weight excluding hydrogens is 348 g/mol. The Balaban J connectivity index is 1.89. The van der Waals surface area contributed by atoms with Crippen LogP contribution in [0.15, 0.2) is 53.6 Å². The fraction of sp³-hybridized carbons (Fsp3) is 0.250. The number of hydrogen-bond acceptors (Lipinski definition) is 3. The van der Waals surface area contributed by atoms with Crippen LogP contribution >= 0.6 is 0 Å². The van der Waals surface area contributed by atoms with E-state index < -0.39 is 10.0 Å². The van der Waals surface area contributed by atoms with Crippen molar-refractivity contribution < 1.29 is 13.2 Å². The number of aromatic nitrogens is 1. The normalized spacial score (nSPS) is 17.6. The van der Waals surface area contributed by atoms with Crippen LogP contribution in [-0.2, 0) is 14.8 Å². The lowest BCUT2D eigenvalue weighted by atomic mass is 9.96. The summed E-state index contributed by atoms with van der Waals surface area (Å²) in [5, 5.41) is 3.71. The molecule has 1 atom stereocenters. The molecule has 1 aromatic heterocycles. The van der Waals surface area contributed by atoms with Crippen molar-refractivity contribution in [1.82, 2.24) is 9.29 Å². The number of nitrogens with zero attached hydrogens (tertiary/aromatic N) is 1. The van der Waals surface area contributed by atoms with Gasteiger partial charge in [0.15, 0.2) is 0 Å². The molecule has 1 fully saturated rings. The molecule has 1 N–H and O–H groups in total. The second kappa shape index (κ2) is 5.99. The van der Waals surface area contributed by atoms with E-state index in [-0.39, 0.29) is 16.7 Å². The molecule has 3 aromatic rings. The van der Waals surface area contributed by atoms with Crippen LogP contribution in [0.5, 0.6) is 0 Å². The highest BCUT2D eigenvalue weighted by atomic mass is 32.2. The van der Waals surface area contributed by atoms with Gasteiger partial charge in [-0.25, -0.2) is 12.4 Å². The molecule has 6 heteroatoms. The first-order chi connectivity index (χ1) is 12.4. The molecule has 5 nitrogen and oxygen atoms in total. The average Bonchev–Trinajstić information content (AvgIpc) is 3.19. The van der Waals surface area contributed by atoms with E-state index in [1.54, 1.807) is 30.5 Å². The number of rotatable bonds is 3. The van der Waals surface area contributed by atoms with Gasteiger partial charge in [-0.2, -0.15) is 0 Å². The van der Waals surface area contributed by atoms with Gasteiger partial charge in [0.05, 0.1) is 16.3 Å². The second-order valence-electron chi connectivity index (χ2n) is 6.83. The SMILES string of the molecule is Cc1ccc(S(=O)(=O)n2cc(C)c3ccc(C4CCNC4=O)cc32)cc1. The van der Waals surface area contributed by atoms with Crippen LogP contribution in [-0.4, -0.2) is 24.8 Å². The van der Waals surface area contributed by atoms with E-state index in [2.05, 4.69) is 5.32 Å². The molecule has 1 unspecified atom stereocenters. The van der Waals surface area contributed by atoms with E-state index in [1.165, 1.54) is 3.97 Å². The maximum atomic E-state index is 13.2. The third-order valence-corrected chi connectivity index (χ3v) is 6.71. The minimum atomic E-state index is -3.70. The van der Waals surface area contributed by atoms with Crippen molar-refractivity contribution in [3.63, 3.8) is 0 Å². The van der Waals surface area contributed by atoms with E-state index in [0.29, 0.717) is 12.1 Å². The molecule has 0 bridgehead atoms. The van der Waals surface area contributed by atoms with Gasteiger partial charge in [-0.15, -0.1) is 0 Å². The molecule has 2 heterocycles. The van der Waals surface area contributed by atoms with Crippen LogP contribution in [0.2, 0.25) is 0 Å². The average molecular weight is 368 g/mol. The Labute approximate surface area is 152 Å². The predicted molar refractivity (Wildman–Crippen MR) is 101 cm³/mol. The van der Waals surface area contributed by atoms with Gasteiger partial charge in [0, 0.05) is 18.1 Å². The Morgan fingerprint density at radius 3 is 2.46 bits per heavy atom. The number of carbonyl (C=O) groups is 1. The summed E-state index contributed by atoms with van der Waals surface area (Å²) in [5.74, 6) is -0.217. The quantitative estimate of drug-likeness (QED) is 0.772. The summed E-state index contributed by atoms with van der Waals surface area (Å²) in [6, 6.07) is 12.5. The molecular formula is C20H20N2O3S. The zero-order valence-electron chi connectivity index (χ0n) is 14.7. The highest BCUT2D eigenvalue weighted by molar-refractivity contribution is 7.90. The smallest absolute Gasteiger partial charge is 0.268 e. The topological polar surface area (TPSA) is 68.2 Å². The minimum absolute atomic E-state index is 0.000528. The maximum absolute atomic E-state index is 13.2. The summed E-state index contributed by atoms with van der Waals surface area (Å²) < 4.78 is 27.6. The van der Waals surface area contributed by atoms with Crippen LogP contribution in [0.3, 0.4) is 0 Å². The molecule has 1 amide bonds. The van der Waals surface area contributed by atoms with Crippen molar-refractivity contribution in [3.05, 3.63) is 65.4 Å². The Bertz CT molecular complexity index is 1110. The summed E-state index contributed by atoms with van der Waals surface area (Å²) in [7, 11) is -3.70. The summed E-state index contributed by atoms with van der Waals surface area (Å²) in [5.41, 5.74) is 3.36. The molecule has 4 rings (SSSR count). The second-order valence-corrected chi connectivity index (χ2v) is 8.65. The lowest BCUT2D eigenvalue weighted by Crippen LogP contribution is -2.18. The maximum Gasteiger partial charge on any atom is 0.268 e. The highest BCUT2D eigenvalue weighted by Crippen LogP contribution is 2.31. The van der Waals surface area contributed by atoms with E-state index in [0.717, 1.165) is 28.5 Å². The predicted octanol–water partition coefficient (Wildman–Crippen LogP) is 3.10. The Kier molecular flexibility index (Phi) is 3.88. The van der Waals surface area contributed by atoms with Crippen molar-refractivity contribution in [3.8, 4) is 0 Å². The molecule has 134 valence electrons. The summed E-state index contributed by atoms with van der Waals surface area (Å²) in [4.78, 5) is 12.3. The van der Waals surface area contributed by atoms with Crippen molar-refractivity contribution in [1.29, 1.82) is 0 Å². The van der Waals surface area contributed by atoms with Crippen LogP contribution in [0, 0.1) is 13.8 Å². The Morgan fingerprint density at radius 2 is 1.81 bits per heavy atom. The van der Waals surface area contributed by atoms with Gasteiger partial charge >= 0.3 is 0 Å². The summed E-state index contributed by atoms with van der Waals surface area (Å²) >= 11 is 0. The molecule has 0 spiro atoms. The van der Waals surface area contributed by atoms with Crippen LogP contribution < -0.4 is 5.32 Å². The lowest BCUT2D eigenvalue weighted by molar-refractivity contribution is -0.120. The summed E-state index contributed by atoms with van der Waals surface area (Å²) in [6.07, 6.45) is 2.38. The molecule has 2 aromatic carbocycles. The van der Waals surface area contributed by atoms with Crippen molar-refractivity contribution in [2.45, 2.75) is 31.1 Å². The molecule has 0 saturated carbocycles. The first-order valence-corrected chi connectivity index (χ1v) is 10.0. The van der Waals surface area contributed by atoms with E-state index >= 15 is 0 Å². The molecule has 1 aliphatic heterocycles. The fourth-order valence-electron chi connectivity index (χ4n) is 3.53. The van der Waals surface area contributed by atoms with Crippen molar-refractivity contribution in [2.24, 2.45) is 0 Å². The van der Waals surface area contributed by atoms with Crippen molar-refractivity contribution >= 4 is 26.8 Å². The number of amides is 1. The van der Waals surface area contributed by atoms with E-state index in [1.807, 2.05) is 32.0 Å². The van der Waals surface area contributed by atoms with Crippen LogP contribution in [0.25, 0.3) is 10.9 Å². The lowest BCUT2D eigenvalue weighted by Gasteiger charge is -2.11. The first-order valence-electron chi connectivity index (χ1n) is 8.59. The van der Waals surface area contributed by atoms with Gasteiger partial charge in [0.25, 0.3) is 10.0 Å². The summed E-state index contributed by atoms with van der Waals surface area (Å²) in [6.45, 7) is 4.47. The molecule has 26 heavy (non-hydrogen) atoms. The van der Waals surface area contributed by atoms with Gasteiger partial charge in [0.1, 0.15) is 0 Å². The number of carbonyl (C=O) groups excluding carboxylic acids is 1. The van der Waals surface area contributed by atoms with Gasteiger partial charge in [-0.3, -0.25) is 4.79 Å². The molecule has 1 aliphatic rings. The molecule has 0 aliphatic carbocycles. The fourth-order valence-corrected chi connectivity index (χ4v) is 4.94. The monoisotopic (exact) mass is 368 g/mol. The third kappa shape index (κ3) is 2.61. The Morgan fingerprint density at radius 1 is 1.08 bits per heavy atom. The van der Waals surface area contributed by atoms with Gasteiger partial charge in [-0.1, -0.05) is 29.8 Å². The van der Waals surface area contributed by atoms with Crippen molar-refractivity contribution in [2.75, 3.05) is 6.54 Å². The highest BCUT2D eigenvalue weighted by Gasteiger charge is 2.27. The van der Waals surface area contributed by atoms with Gasteiger partial charge in [0.2, 0.25) is 5.91 Å². The molecule has 1 saturated heterocycles. The number of benzene rings is 2. The molecule has 0 radical (unpaired) electrons. The largest absolute Gasteiger partial charge is 0.356 e. The Hall–Kier alpha value is -2.60. The third-order valence-electron chi connectivity index (χ3n) is 5.02. The van der Waals surface area contributed by atoms with Crippen LogP contribution in [0.1, 0.15) is 29.0 Å². The van der Waals surface area contributed by atoms with E-state index in [4.69, 9.17) is 0 Å². The van der Waals surface area contributed by atoms with Gasteiger partial charge < -0.3 is 5.32 Å². The van der Waals surface area contributed by atoms with Crippen LogP contribution in [0.4, 0.5) is 0 Å². The number of aryl methyl sites for hydroxylation is 2. The zero-order valence-corrected chi connectivity index (χ0v) is 15.5.